The number of carbonyl (C=O) groups is 1. The van der Waals surface area contributed by atoms with Crippen LogP contribution in [0.5, 0.6) is 0 Å². The van der Waals surface area contributed by atoms with E-state index in [-0.39, 0.29) is 5.91 Å². The van der Waals surface area contributed by atoms with E-state index in [0.29, 0.717) is 35.1 Å². The molecule has 0 spiro atoms. The molecule has 1 aliphatic heterocycles. The van der Waals surface area contributed by atoms with E-state index in [9.17, 15) is 4.79 Å². The second-order valence-electron chi connectivity index (χ2n) is 9.23. The number of nitrogens with zero attached hydrogens (tertiary/aromatic N) is 4. The first-order chi connectivity index (χ1) is 18.1. The van der Waals surface area contributed by atoms with Crippen LogP contribution in [0, 0.1) is 5.92 Å². The van der Waals surface area contributed by atoms with Gasteiger partial charge >= 0.3 is 0 Å². The number of rotatable bonds is 11. The number of likely N-dealkylation sites (tertiary alicyclic amines) is 1. The number of hydrogen-bond acceptors (Lipinski definition) is 5. The van der Waals surface area contributed by atoms with Gasteiger partial charge in [-0.25, -0.2) is 9.97 Å². The third-order valence-electron chi connectivity index (χ3n) is 6.49. The summed E-state index contributed by atoms with van der Waals surface area (Å²) in [7, 11) is 0. The zero-order valence-electron chi connectivity index (χ0n) is 21.1. The lowest BCUT2D eigenvalue weighted by Crippen LogP contribution is -2.38. The predicted molar refractivity (Wildman–Crippen MR) is 154 cm³/mol. The minimum Gasteiger partial charge on any atom is -0.349 e. The van der Waals surface area contributed by atoms with E-state index >= 15 is 0 Å². The van der Waals surface area contributed by atoms with E-state index < -0.39 is 0 Å². The van der Waals surface area contributed by atoms with E-state index in [1.165, 1.54) is 17.3 Å². The van der Waals surface area contributed by atoms with E-state index in [0.717, 1.165) is 49.3 Å². The molecule has 1 aliphatic rings. The van der Waals surface area contributed by atoms with Gasteiger partial charge in [0, 0.05) is 43.6 Å². The molecule has 0 aliphatic carbocycles. The first-order valence-electron chi connectivity index (χ1n) is 12.6. The number of benzene rings is 2. The number of hydrogen-bond donors (Lipinski definition) is 0. The van der Waals surface area contributed by atoms with Gasteiger partial charge in [0.1, 0.15) is 11.0 Å². The molecule has 0 radical (unpaired) electrons. The van der Waals surface area contributed by atoms with Gasteiger partial charge in [-0.2, -0.15) is 0 Å². The molecular weight excluding hydrogens is 500 g/mol. The van der Waals surface area contributed by atoms with Gasteiger partial charge < -0.3 is 9.80 Å². The maximum Gasteiger partial charge on any atom is 0.253 e. The molecule has 1 fully saturated rings. The molecule has 1 amide bonds. The number of thioether (sulfide) groups is 1. The predicted octanol–water partition coefficient (Wildman–Crippen LogP) is 6.70. The molecule has 192 valence electrons. The average molecular weight is 533 g/mol. The summed E-state index contributed by atoms with van der Waals surface area (Å²) in [5, 5.41) is 0.989. The molecule has 0 N–H and O–H groups in total. The van der Waals surface area contributed by atoms with Crippen molar-refractivity contribution < 1.29 is 4.79 Å². The van der Waals surface area contributed by atoms with Crippen molar-refractivity contribution >= 4 is 35.1 Å². The zero-order valence-corrected chi connectivity index (χ0v) is 22.6. The molecule has 37 heavy (non-hydrogen) atoms. The summed E-state index contributed by atoms with van der Waals surface area (Å²) >= 11 is 7.79. The third kappa shape index (κ3) is 7.70. The summed E-state index contributed by atoms with van der Waals surface area (Å²) in [5.41, 5.74) is 3.16. The third-order valence-corrected chi connectivity index (χ3v) is 7.61. The van der Waals surface area contributed by atoms with Gasteiger partial charge in [0.2, 0.25) is 0 Å². The average Bonchev–Trinajstić information content (AvgIpc) is 2.92. The molecule has 7 heteroatoms. The number of piperidine rings is 1. The van der Waals surface area contributed by atoms with Crippen molar-refractivity contribution in [1.82, 2.24) is 14.9 Å². The van der Waals surface area contributed by atoms with Gasteiger partial charge in [0.05, 0.1) is 0 Å². The Labute approximate surface area is 229 Å². The molecule has 2 heterocycles. The largest absolute Gasteiger partial charge is 0.349 e. The Hall–Kier alpha value is -3.09. The van der Waals surface area contributed by atoms with Gasteiger partial charge in [-0.1, -0.05) is 78.0 Å². The minimum absolute atomic E-state index is 0.107. The van der Waals surface area contributed by atoms with Crippen molar-refractivity contribution in [2.24, 2.45) is 5.92 Å². The fraction of sp³-hybridized carbons (Fsp3) is 0.300. The van der Waals surface area contributed by atoms with Crippen LogP contribution in [-0.2, 0) is 12.2 Å². The summed E-state index contributed by atoms with van der Waals surface area (Å²) in [6.45, 7) is 10.5. The second-order valence-corrected chi connectivity index (χ2v) is 10.6. The van der Waals surface area contributed by atoms with Crippen LogP contribution < -0.4 is 4.90 Å². The molecule has 0 atom stereocenters. The molecule has 0 saturated carbocycles. The van der Waals surface area contributed by atoms with Crippen molar-refractivity contribution in [2.75, 3.05) is 31.1 Å². The summed E-state index contributed by atoms with van der Waals surface area (Å²) in [4.78, 5) is 26.3. The van der Waals surface area contributed by atoms with Crippen LogP contribution in [0.4, 0.5) is 5.82 Å². The fourth-order valence-electron chi connectivity index (χ4n) is 4.60. The Bertz CT molecular complexity index is 1200. The topological polar surface area (TPSA) is 49.3 Å². The summed E-state index contributed by atoms with van der Waals surface area (Å²) < 4.78 is 0. The van der Waals surface area contributed by atoms with Crippen molar-refractivity contribution in [3.05, 3.63) is 108 Å². The first-order valence-corrected chi connectivity index (χ1v) is 14.0. The quantitative estimate of drug-likeness (QED) is 0.119. The summed E-state index contributed by atoms with van der Waals surface area (Å²) in [6.07, 6.45) is 6.81. The van der Waals surface area contributed by atoms with E-state index in [1.807, 2.05) is 46.2 Å². The second kappa shape index (κ2) is 13.5. The first kappa shape index (κ1) is 27.0. The van der Waals surface area contributed by atoms with E-state index in [1.54, 1.807) is 6.07 Å². The highest BCUT2D eigenvalue weighted by Gasteiger charge is 2.24. The summed E-state index contributed by atoms with van der Waals surface area (Å²) in [6, 6.07) is 20.2. The van der Waals surface area contributed by atoms with Crippen LogP contribution in [0.3, 0.4) is 0 Å². The standard InChI is InChI=1S/C30H33ClN4OS/c1-3-15-34(16-4-2)28-21-27(31)32-30(33-28)37-22-25-11-8-12-26(20-25)29(36)35-17-13-24(14-18-35)19-23-9-6-5-7-10-23/h3-12,20-21,24H,1-2,13-19,22H2. The van der Waals surface area contributed by atoms with Crippen LogP contribution in [0.2, 0.25) is 5.15 Å². The van der Waals surface area contributed by atoms with Crippen molar-refractivity contribution in [1.29, 1.82) is 0 Å². The molecule has 4 rings (SSSR count). The Morgan fingerprint density at radius 1 is 1.00 bits per heavy atom. The molecule has 2 aromatic carbocycles. The van der Waals surface area contributed by atoms with E-state index in [4.69, 9.17) is 11.6 Å². The lowest BCUT2D eigenvalue weighted by Gasteiger charge is -2.32. The highest BCUT2D eigenvalue weighted by molar-refractivity contribution is 7.98. The SMILES string of the molecule is C=CCN(CC=C)c1cc(Cl)nc(SCc2cccc(C(=O)N3CCC(Cc4ccccc4)CC3)c2)n1. The normalized spacial score (nSPS) is 13.8. The Kier molecular flexibility index (Phi) is 9.80. The van der Waals surface area contributed by atoms with Crippen molar-refractivity contribution in [3.63, 3.8) is 0 Å². The smallest absolute Gasteiger partial charge is 0.253 e. The maximum atomic E-state index is 13.2. The Balaban J connectivity index is 1.35. The van der Waals surface area contributed by atoms with Gasteiger partial charge in [-0.15, -0.1) is 13.2 Å². The molecule has 5 nitrogen and oxygen atoms in total. The van der Waals surface area contributed by atoms with Crippen molar-refractivity contribution in [3.8, 4) is 0 Å². The van der Waals surface area contributed by atoms with Crippen molar-refractivity contribution in [2.45, 2.75) is 30.2 Å². The molecule has 0 unspecified atom stereocenters. The number of aromatic nitrogens is 2. The number of anilines is 1. The van der Waals surface area contributed by atoms with Crippen LogP contribution in [0.1, 0.15) is 34.3 Å². The molecule has 1 saturated heterocycles. The van der Waals surface area contributed by atoms with Crippen LogP contribution in [0.25, 0.3) is 0 Å². The van der Waals surface area contributed by atoms with Crippen LogP contribution in [0.15, 0.2) is 91.1 Å². The zero-order chi connectivity index (χ0) is 26.0. The molecule has 1 aromatic heterocycles. The highest BCUT2D eigenvalue weighted by Crippen LogP contribution is 2.26. The van der Waals surface area contributed by atoms with Crippen LogP contribution in [-0.4, -0.2) is 47.0 Å². The monoisotopic (exact) mass is 532 g/mol. The molecule has 3 aromatic rings. The Morgan fingerprint density at radius 3 is 2.41 bits per heavy atom. The minimum atomic E-state index is 0.107. The van der Waals surface area contributed by atoms with Gasteiger partial charge in [-0.3, -0.25) is 4.79 Å². The maximum absolute atomic E-state index is 13.2. The lowest BCUT2D eigenvalue weighted by molar-refractivity contribution is 0.0690. The molecule has 0 bridgehead atoms. The lowest BCUT2D eigenvalue weighted by atomic mass is 9.90. The number of carbonyl (C=O) groups excluding carboxylic acids is 1. The van der Waals surface area contributed by atoms with Gasteiger partial charge in [0.25, 0.3) is 5.91 Å². The van der Waals surface area contributed by atoms with Gasteiger partial charge in [0.15, 0.2) is 5.16 Å². The molecular formula is C30H33ClN4OS. The number of amides is 1. The van der Waals surface area contributed by atoms with Gasteiger partial charge in [-0.05, 0) is 48.4 Å². The Morgan fingerprint density at radius 2 is 1.70 bits per heavy atom. The van der Waals surface area contributed by atoms with E-state index in [2.05, 4.69) is 53.5 Å². The number of halogens is 1. The highest BCUT2D eigenvalue weighted by atomic mass is 35.5. The summed E-state index contributed by atoms with van der Waals surface area (Å²) in [5.74, 6) is 2.12. The van der Waals surface area contributed by atoms with Crippen LogP contribution >= 0.6 is 23.4 Å². The fourth-order valence-corrected chi connectivity index (χ4v) is 5.62.